The van der Waals surface area contributed by atoms with Crippen molar-refractivity contribution in [2.75, 3.05) is 18.1 Å². The van der Waals surface area contributed by atoms with Gasteiger partial charge in [-0.1, -0.05) is 6.92 Å². The zero-order chi connectivity index (χ0) is 14.3. The van der Waals surface area contributed by atoms with Crippen molar-refractivity contribution >= 4 is 22.8 Å². The van der Waals surface area contributed by atoms with Gasteiger partial charge in [0.05, 0.1) is 11.1 Å². The summed E-state index contributed by atoms with van der Waals surface area (Å²) >= 11 is 6.36. The van der Waals surface area contributed by atoms with Gasteiger partial charge in [0.15, 0.2) is 5.65 Å². The zero-order valence-corrected chi connectivity index (χ0v) is 13.2. The van der Waals surface area contributed by atoms with E-state index in [2.05, 4.69) is 21.7 Å². The molecule has 0 saturated carbocycles. The van der Waals surface area contributed by atoms with Gasteiger partial charge in [-0.05, 0) is 32.6 Å². The average molecular weight is 296 g/mol. The van der Waals surface area contributed by atoms with Crippen LogP contribution in [0.25, 0.3) is 11.2 Å². The van der Waals surface area contributed by atoms with Crippen LogP contribution in [0.1, 0.15) is 50.0 Å². The predicted molar refractivity (Wildman–Crippen MR) is 81.9 cm³/mol. The number of aryl methyl sites for hydroxylation is 2. The minimum absolute atomic E-state index is 0.103. The van der Waals surface area contributed by atoms with Gasteiger partial charge in [-0.25, -0.2) is 14.3 Å². The summed E-state index contributed by atoms with van der Waals surface area (Å²) in [6, 6.07) is 0. The molecule has 0 bridgehead atoms. The molecule has 1 saturated heterocycles. The van der Waals surface area contributed by atoms with Gasteiger partial charge >= 0.3 is 0 Å². The average Bonchev–Trinajstić information content (AvgIpc) is 2.98. The van der Waals surface area contributed by atoms with Crippen molar-refractivity contribution in [3.8, 4) is 0 Å². The number of aromatic nitrogens is 4. The van der Waals surface area contributed by atoms with Crippen LogP contribution in [0.5, 0.6) is 0 Å². The second-order valence-electron chi connectivity index (χ2n) is 5.51. The molecule has 1 fully saturated rings. The zero-order valence-electron chi connectivity index (χ0n) is 12.4. The van der Waals surface area contributed by atoms with Crippen molar-refractivity contribution in [3.63, 3.8) is 0 Å². The van der Waals surface area contributed by atoms with E-state index < -0.39 is 0 Å². The van der Waals surface area contributed by atoms with E-state index in [1.807, 2.05) is 18.7 Å². The number of imidazole rings is 1. The molecule has 20 heavy (non-hydrogen) atoms. The fraction of sp³-hybridized carbons (Fsp3) is 0.714. The van der Waals surface area contributed by atoms with Crippen LogP contribution in [0.3, 0.4) is 0 Å². The first kappa shape index (κ1) is 13.7. The maximum absolute atomic E-state index is 6.36. The summed E-state index contributed by atoms with van der Waals surface area (Å²) in [5, 5.41) is 6.85. The maximum atomic E-state index is 6.36. The number of alkyl halides is 1. The second kappa shape index (κ2) is 5.28. The van der Waals surface area contributed by atoms with E-state index in [1.165, 1.54) is 19.3 Å². The van der Waals surface area contributed by atoms with E-state index in [0.29, 0.717) is 0 Å². The summed E-state index contributed by atoms with van der Waals surface area (Å²) in [7, 11) is 1.99. The van der Waals surface area contributed by atoms with Gasteiger partial charge in [0.2, 0.25) is 0 Å². The summed E-state index contributed by atoms with van der Waals surface area (Å²) in [5.74, 6) is 0.936. The Morgan fingerprint density at radius 1 is 1.25 bits per heavy atom. The van der Waals surface area contributed by atoms with Gasteiger partial charge in [0.1, 0.15) is 11.3 Å². The smallest absolute Gasteiger partial charge is 0.177 e. The second-order valence-corrected chi connectivity index (χ2v) is 6.16. The number of hydrogen-bond acceptors (Lipinski definition) is 3. The standard InChI is InChI=1S/C14H22ClN5/c1-4-11-12-14(18(3)17-11)20(13(16-12)10(2)15)19-8-6-5-7-9-19/h10H,4-9H2,1-3H3. The number of fused-ring (bicyclic) bond motifs is 1. The van der Waals surface area contributed by atoms with E-state index in [1.54, 1.807) is 0 Å². The van der Waals surface area contributed by atoms with E-state index in [9.17, 15) is 0 Å². The third-order valence-electron chi connectivity index (χ3n) is 4.01. The third kappa shape index (κ3) is 2.08. The molecule has 1 aliphatic heterocycles. The van der Waals surface area contributed by atoms with Crippen molar-refractivity contribution in [2.45, 2.75) is 44.9 Å². The highest BCUT2D eigenvalue weighted by molar-refractivity contribution is 6.20. The molecule has 0 radical (unpaired) electrons. The quantitative estimate of drug-likeness (QED) is 0.817. The number of piperidine rings is 1. The molecule has 2 aromatic heterocycles. The predicted octanol–water partition coefficient (Wildman–Crippen LogP) is 2.75. The van der Waals surface area contributed by atoms with Crippen molar-refractivity contribution in [1.29, 1.82) is 0 Å². The lowest BCUT2D eigenvalue weighted by molar-refractivity contribution is 0.469. The molecule has 3 heterocycles. The maximum Gasteiger partial charge on any atom is 0.177 e. The number of halogens is 1. The van der Waals surface area contributed by atoms with Gasteiger partial charge in [-0.2, -0.15) is 5.10 Å². The molecule has 110 valence electrons. The highest BCUT2D eigenvalue weighted by Gasteiger charge is 2.25. The Kier molecular flexibility index (Phi) is 3.63. The molecular formula is C14H22ClN5. The fourth-order valence-electron chi connectivity index (χ4n) is 3.03. The van der Waals surface area contributed by atoms with Crippen molar-refractivity contribution in [3.05, 3.63) is 11.5 Å². The van der Waals surface area contributed by atoms with Crippen LogP contribution < -0.4 is 5.01 Å². The van der Waals surface area contributed by atoms with E-state index >= 15 is 0 Å². The number of nitrogens with zero attached hydrogens (tertiary/aromatic N) is 5. The summed E-state index contributed by atoms with van der Waals surface area (Å²) < 4.78 is 4.15. The number of hydrogen-bond donors (Lipinski definition) is 0. The van der Waals surface area contributed by atoms with Crippen molar-refractivity contribution < 1.29 is 0 Å². The Balaban J connectivity index is 2.20. The minimum Gasteiger partial charge on any atom is -0.310 e. The van der Waals surface area contributed by atoms with Gasteiger partial charge in [-0.3, -0.25) is 0 Å². The molecular weight excluding hydrogens is 274 g/mol. The first-order valence-electron chi connectivity index (χ1n) is 7.47. The SMILES string of the molecule is CCc1nn(C)c2c1nc(C(C)Cl)n2N1CCCCC1. The largest absolute Gasteiger partial charge is 0.310 e. The molecule has 0 spiro atoms. The molecule has 1 atom stereocenters. The Hall–Kier alpha value is -1.23. The van der Waals surface area contributed by atoms with Gasteiger partial charge < -0.3 is 5.01 Å². The Bertz CT molecular complexity index is 607. The lowest BCUT2D eigenvalue weighted by Crippen LogP contribution is -2.40. The number of rotatable bonds is 3. The topological polar surface area (TPSA) is 38.9 Å². The van der Waals surface area contributed by atoms with Crippen molar-refractivity contribution in [1.82, 2.24) is 19.4 Å². The van der Waals surface area contributed by atoms with Gasteiger partial charge in [0, 0.05) is 20.1 Å². The first-order valence-corrected chi connectivity index (χ1v) is 7.90. The van der Waals surface area contributed by atoms with Crippen LogP contribution in [0.2, 0.25) is 0 Å². The van der Waals surface area contributed by atoms with Crippen LogP contribution in [0.15, 0.2) is 0 Å². The molecule has 0 aliphatic carbocycles. The van der Waals surface area contributed by atoms with E-state index in [-0.39, 0.29) is 5.38 Å². The molecule has 5 nitrogen and oxygen atoms in total. The first-order chi connectivity index (χ1) is 9.63. The normalized spacial score (nSPS) is 17.9. The fourth-order valence-corrected chi connectivity index (χ4v) is 3.17. The van der Waals surface area contributed by atoms with E-state index in [0.717, 1.165) is 42.2 Å². The monoisotopic (exact) mass is 295 g/mol. The third-order valence-corrected chi connectivity index (χ3v) is 4.21. The van der Waals surface area contributed by atoms with Crippen molar-refractivity contribution in [2.24, 2.45) is 7.05 Å². The molecule has 0 aromatic carbocycles. The lowest BCUT2D eigenvalue weighted by Gasteiger charge is -2.31. The summed E-state index contributed by atoms with van der Waals surface area (Å²) in [6.07, 6.45) is 4.67. The molecule has 0 N–H and O–H groups in total. The summed E-state index contributed by atoms with van der Waals surface area (Å²) in [6.45, 7) is 6.23. The van der Waals surface area contributed by atoms with Crippen LogP contribution in [0.4, 0.5) is 0 Å². The van der Waals surface area contributed by atoms with Crippen LogP contribution in [-0.2, 0) is 13.5 Å². The Labute approximate surface area is 124 Å². The molecule has 6 heteroatoms. The minimum atomic E-state index is -0.103. The Morgan fingerprint density at radius 3 is 2.55 bits per heavy atom. The van der Waals surface area contributed by atoms with Crippen LogP contribution >= 0.6 is 11.6 Å². The van der Waals surface area contributed by atoms with Crippen LogP contribution in [0, 0.1) is 0 Å². The lowest BCUT2D eigenvalue weighted by atomic mass is 10.2. The van der Waals surface area contributed by atoms with Gasteiger partial charge in [0.25, 0.3) is 0 Å². The van der Waals surface area contributed by atoms with Gasteiger partial charge in [-0.15, -0.1) is 11.6 Å². The van der Waals surface area contributed by atoms with Crippen LogP contribution in [-0.4, -0.2) is 32.5 Å². The summed E-state index contributed by atoms with van der Waals surface area (Å²) in [4.78, 5) is 4.79. The highest BCUT2D eigenvalue weighted by atomic mass is 35.5. The molecule has 2 aromatic rings. The highest BCUT2D eigenvalue weighted by Crippen LogP contribution is 2.27. The Morgan fingerprint density at radius 2 is 1.95 bits per heavy atom. The molecule has 0 amide bonds. The molecule has 1 aliphatic rings. The molecule has 1 unspecified atom stereocenters. The molecule has 3 rings (SSSR count). The summed E-state index contributed by atoms with van der Waals surface area (Å²) in [5.41, 5.74) is 3.13. The van der Waals surface area contributed by atoms with E-state index in [4.69, 9.17) is 16.6 Å².